The Morgan fingerprint density at radius 2 is 2.08 bits per heavy atom. The molecule has 0 spiro atoms. The van der Waals surface area contributed by atoms with Gasteiger partial charge in [-0.15, -0.1) is 0 Å². The first-order chi connectivity index (χ1) is 5.52. The van der Waals surface area contributed by atoms with Gasteiger partial charge < -0.3 is 5.73 Å². The highest BCUT2D eigenvalue weighted by Gasteiger charge is 2.24. The lowest BCUT2D eigenvalue weighted by Crippen LogP contribution is -2.01. The minimum atomic E-state index is 0.108. The molecule has 1 rings (SSSR count). The van der Waals surface area contributed by atoms with E-state index in [2.05, 4.69) is 6.58 Å². The predicted molar refractivity (Wildman–Crippen MR) is 49.4 cm³/mol. The van der Waals surface area contributed by atoms with Crippen LogP contribution in [0.1, 0.15) is 26.7 Å². The summed E-state index contributed by atoms with van der Waals surface area (Å²) in [5, 5.41) is 0. The van der Waals surface area contributed by atoms with Gasteiger partial charge in [0.15, 0.2) is 5.78 Å². The molecule has 1 aliphatic rings. The van der Waals surface area contributed by atoms with E-state index >= 15 is 0 Å². The van der Waals surface area contributed by atoms with Crippen molar-refractivity contribution in [1.82, 2.24) is 0 Å². The molecule has 0 saturated heterocycles. The van der Waals surface area contributed by atoms with Crippen molar-refractivity contribution < 1.29 is 4.79 Å². The largest absolute Gasteiger partial charge is 0.402 e. The van der Waals surface area contributed by atoms with Crippen LogP contribution in [-0.2, 0) is 4.79 Å². The quantitative estimate of drug-likeness (QED) is 0.634. The van der Waals surface area contributed by atoms with Crippen LogP contribution < -0.4 is 5.73 Å². The predicted octanol–water partition coefficient (Wildman–Crippen LogP) is 1.77. The van der Waals surface area contributed by atoms with Crippen LogP contribution >= 0.6 is 0 Å². The Kier molecular flexibility index (Phi) is 2.36. The van der Waals surface area contributed by atoms with E-state index in [-0.39, 0.29) is 5.78 Å². The van der Waals surface area contributed by atoms with Crippen LogP contribution in [0.5, 0.6) is 0 Å². The van der Waals surface area contributed by atoms with Gasteiger partial charge >= 0.3 is 0 Å². The van der Waals surface area contributed by atoms with E-state index in [0.717, 1.165) is 29.7 Å². The Bertz CT molecular complexity index is 263. The topological polar surface area (TPSA) is 43.1 Å². The Hall–Kier alpha value is -1.05. The summed E-state index contributed by atoms with van der Waals surface area (Å²) in [6.45, 7) is 7.43. The molecule has 12 heavy (non-hydrogen) atoms. The molecule has 1 aliphatic carbocycles. The molecule has 66 valence electrons. The molecule has 2 nitrogen and oxygen atoms in total. The fourth-order valence-corrected chi connectivity index (χ4v) is 1.56. The lowest BCUT2D eigenvalue weighted by Gasteiger charge is -2.07. The summed E-state index contributed by atoms with van der Waals surface area (Å²) in [5.41, 5.74) is 8.41. The third-order valence-electron chi connectivity index (χ3n) is 2.43. The molecule has 0 aromatic heterocycles. The standard InChI is InChI=1S/C10H15NO/c1-6(2)8-4-9(7(3)12)10(11)5-8/h8H,1,4-5,11H2,2-3H3/t8-/m1/s1. The van der Waals surface area contributed by atoms with Gasteiger partial charge in [-0.25, -0.2) is 0 Å². The average molecular weight is 165 g/mol. The smallest absolute Gasteiger partial charge is 0.157 e. The summed E-state index contributed by atoms with van der Waals surface area (Å²) in [6, 6.07) is 0. The van der Waals surface area contributed by atoms with Gasteiger partial charge in [-0.05, 0) is 32.6 Å². The van der Waals surface area contributed by atoms with Gasteiger partial charge in [0.2, 0.25) is 0 Å². The van der Waals surface area contributed by atoms with Gasteiger partial charge in [-0.3, -0.25) is 4.79 Å². The zero-order chi connectivity index (χ0) is 9.30. The first kappa shape index (κ1) is 9.04. The van der Waals surface area contributed by atoms with E-state index < -0.39 is 0 Å². The average Bonchev–Trinajstić information content (AvgIpc) is 2.30. The zero-order valence-electron chi connectivity index (χ0n) is 7.68. The van der Waals surface area contributed by atoms with E-state index in [0.29, 0.717) is 5.92 Å². The summed E-state index contributed by atoms with van der Waals surface area (Å²) in [5.74, 6) is 0.500. The molecule has 1 atom stereocenters. The van der Waals surface area contributed by atoms with Crippen LogP contribution in [0, 0.1) is 5.92 Å². The Labute approximate surface area is 73.1 Å². The van der Waals surface area contributed by atoms with Gasteiger partial charge in [0.25, 0.3) is 0 Å². The maximum absolute atomic E-state index is 11.1. The summed E-state index contributed by atoms with van der Waals surface area (Å²) in [7, 11) is 0. The molecule has 0 radical (unpaired) electrons. The maximum Gasteiger partial charge on any atom is 0.157 e. The van der Waals surface area contributed by atoms with Crippen molar-refractivity contribution >= 4 is 5.78 Å². The minimum Gasteiger partial charge on any atom is -0.402 e. The van der Waals surface area contributed by atoms with E-state index in [1.165, 1.54) is 0 Å². The SMILES string of the molecule is C=C(C)[C@H]1CC(N)=C(C(C)=O)C1. The lowest BCUT2D eigenvalue weighted by molar-refractivity contribution is -0.113. The molecule has 0 amide bonds. The van der Waals surface area contributed by atoms with E-state index in [1.54, 1.807) is 6.92 Å². The normalized spacial score (nSPS) is 23.0. The molecule has 0 bridgehead atoms. The Balaban J connectivity index is 2.74. The van der Waals surface area contributed by atoms with Crippen molar-refractivity contribution in [1.29, 1.82) is 0 Å². The van der Waals surface area contributed by atoms with Crippen LogP contribution in [0.4, 0.5) is 0 Å². The number of carbonyl (C=O) groups is 1. The molecular weight excluding hydrogens is 150 g/mol. The summed E-state index contributed by atoms with van der Waals surface area (Å²) in [4.78, 5) is 11.1. The highest BCUT2D eigenvalue weighted by Crippen LogP contribution is 2.33. The molecule has 0 saturated carbocycles. The molecule has 0 fully saturated rings. The Morgan fingerprint density at radius 3 is 2.33 bits per heavy atom. The molecule has 0 aromatic rings. The number of allylic oxidation sites excluding steroid dienone is 3. The monoisotopic (exact) mass is 165 g/mol. The van der Waals surface area contributed by atoms with Gasteiger partial charge in [-0.2, -0.15) is 0 Å². The van der Waals surface area contributed by atoms with Crippen LogP contribution in [0.2, 0.25) is 0 Å². The molecule has 0 unspecified atom stereocenters. The number of nitrogens with two attached hydrogens (primary N) is 1. The van der Waals surface area contributed by atoms with Crippen LogP contribution in [-0.4, -0.2) is 5.78 Å². The van der Waals surface area contributed by atoms with Gasteiger partial charge in [-0.1, -0.05) is 12.2 Å². The lowest BCUT2D eigenvalue weighted by atomic mass is 9.97. The number of hydrogen-bond acceptors (Lipinski definition) is 2. The summed E-state index contributed by atoms with van der Waals surface area (Å²) in [6.07, 6.45) is 1.60. The van der Waals surface area contributed by atoms with Crippen molar-refractivity contribution in [2.24, 2.45) is 11.7 Å². The Morgan fingerprint density at radius 1 is 1.50 bits per heavy atom. The second-order valence-corrected chi connectivity index (χ2v) is 3.51. The van der Waals surface area contributed by atoms with E-state index in [4.69, 9.17) is 5.73 Å². The van der Waals surface area contributed by atoms with Crippen LogP contribution in [0.3, 0.4) is 0 Å². The minimum absolute atomic E-state index is 0.108. The number of Topliss-reactive ketones (excluding diaryl/α,β-unsaturated/α-hetero) is 1. The molecule has 2 heteroatoms. The third kappa shape index (κ3) is 1.58. The molecular formula is C10H15NO. The van der Waals surface area contributed by atoms with Crippen LogP contribution in [0.25, 0.3) is 0 Å². The highest BCUT2D eigenvalue weighted by molar-refractivity contribution is 5.94. The van der Waals surface area contributed by atoms with Crippen molar-refractivity contribution in [2.45, 2.75) is 26.7 Å². The molecule has 2 N–H and O–H groups in total. The molecule has 0 aliphatic heterocycles. The number of carbonyl (C=O) groups excluding carboxylic acids is 1. The van der Waals surface area contributed by atoms with Gasteiger partial charge in [0.1, 0.15) is 0 Å². The number of hydrogen-bond donors (Lipinski definition) is 1. The van der Waals surface area contributed by atoms with E-state index in [9.17, 15) is 4.79 Å². The second kappa shape index (κ2) is 3.13. The molecule has 0 aromatic carbocycles. The van der Waals surface area contributed by atoms with Gasteiger partial charge in [0, 0.05) is 11.3 Å². The zero-order valence-corrected chi connectivity index (χ0v) is 7.68. The first-order valence-electron chi connectivity index (χ1n) is 4.16. The summed E-state index contributed by atoms with van der Waals surface area (Å²) >= 11 is 0. The van der Waals surface area contributed by atoms with Crippen molar-refractivity contribution in [3.8, 4) is 0 Å². The number of ketones is 1. The number of rotatable bonds is 2. The fraction of sp³-hybridized carbons (Fsp3) is 0.500. The highest BCUT2D eigenvalue weighted by atomic mass is 16.1. The van der Waals surface area contributed by atoms with Crippen molar-refractivity contribution in [3.63, 3.8) is 0 Å². The third-order valence-corrected chi connectivity index (χ3v) is 2.43. The second-order valence-electron chi connectivity index (χ2n) is 3.51. The fourth-order valence-electron chi connectivity index (χ4n) is 1.56. The van der Waals surface area contributed by atoms with Gasteiger partial charge in [0.05, 0.1) is 0 Å². The van der Waals surface area contributed by atoms with E-state index in [1.807, 2.05) is 6.92 Å². The summed E-state index contributed by atoms with van der Waals surface area (Å²) < 4.78 is 0. The van der Waals surface area contributed by atoms with Crippen LogP contribution in [0.15, 0.2) is 23.4 Å². The van der Waals surface area contributed by atoms with Crippen molar-refractivity contribution in [2.75, 3.05) is 0 Å². The maximum atomic E-state index is 11.1. The van der Waals surface area contributed by atoms with Crippen molar-refractivity contribution in [3.05, 3.63) is 23.4 Å². The first-order valence-corrected chi connectivity index (χ1v) is 4.16. The molecule has 0 heterocycles.